The fraction of sp³-hybridized carbons (Fsp3) is 0.480. The summed E-state index contributed by atoms with van der Waals surface area (Å²) in [7, 11) is 0. The van der Waals surface area contributed by atoms with Crippen molar-refractivity contribution >= 4 is 29.4 Å². The van der Waals surface area contributed by atoms with Gasteiger partial charge >= 0.3 is 0 Å². The molecule has 0 aromatic carbocycles. The molecule has 34 heavy (non-hydrogen) atoms. The minimum absolute atomic E-state index is 0.0976. The number of piperazine rings is 1. The van der Waals surface area contributed by atoms with Crippen LogP contribution < -0.4 is 10.2 Å². The van der Waals surface area contributed by atoms with Crippen LogP contribution in [0.5, 0.6) is 0 Å². The van der Waals surface area contributed by atoms with E-state index in [4.69, 9.17) is 4.74 Å². The van der Waals surface area contributed by atoms with E-state index < -0.39 is 0 Å². The monoisotopic (exact) mass is 460 g/mol. The van der Waals surface area contributed by atoms with Crippen LogP contribution in [-0.2, 0) is 9.53 Å². The summed E-state index contributed by atoms with van der Waals surface area (Å²) in [4.78, 5) is 42.6. The second-order valence-corrected chi connectivity index (χ2v) is 9.47. The number of carbonyl (C=O) groups is 2. The van der Waals surface area contributed by atoms with Crippen molar-refractivity contribution < 1.29 is 14.3 Å². The van der Waals surface area contributed by atoms with E-state index in [1.165, 1.54) is 0 Å². The van der Waals surface area contributed by atoms with Gasteiger partial charge in [0.1, 0.15) is 11.7 Å². The number of nitrogens with zero attached hydrogens (tertiary/aromatic N) is 5. The smallest absolute Gasteiger partial charge is 0.272 e. The fourth-order valence-corrected chi connectivity index (χ4v) is 5.08. The summed E-state index contributed by atoms with van der Waals surface area (Å²) in [5, 5.41) is 2.93. The standard InChI is InChI=1S/C25H28N6O3/c1-2-16-8-20-21(29-24(16)32)7-15(10-26-20)12-30-5-6-31(23-9-22(23)30)18-3-4-19(27-11-18)25(33)28-17-13-34-14-17/h3-4,7-8,10-11,17,20,22-23H,2,5-6,9,12-14H2,1H3,(H,28,33)/t20?,22-,23+/m0/s1. The van der Waals surface area contributed by atoms with Gasteiger partial charge in [0.15, 0.2) is 0 Å². The highest BCUT2D eigenvalue weighted by atomic mass is 16.5. The zero-order chi connectivity index (χ0) is 23.2. The Kier molecular flexibility index (Phi) is 5.38. The zero-order valence-corrected chi connectivity index (χ0v) is 19.2. The van der Waals surface area contributed by atoms with Crippen LogP contribution >= 0.6 is 0 Å². The van der Waals surface area contributed by atoms with Crippen LogP contribution in [0.1, 0.15) is 30.3 Å². The van der Waals surface area contributed by atoms with Crippen LogP contribution in [0.2, 0.25) is 0 Å². The van der Waals surface area contributed by atoms with Gasteiger partial charge in [0.25, 0.3) is 11.8 Å². The molecule has 1 N–H and O–H groups in total. The van der Waals surface area contributed by atoms with Gasteiger partial charge < -0.3 is 15.0 Å². The molecule has 5 aliphatic rings. The molecule has 3 atom stereocenters. The number of fused-ring (bicyclic) bond motifs is 2. The minimum Gasteiger partial charge on any atom is -0.377 e. The average Bonchev–Trinajstić information content (AvgIpc) is 3.63. The number of carbonyl (C=O) groups excluding carboxylic acids is 2. The van der Waals surface area contributed by atoms with Gasteiger partial charge in [-0.15, -0.1) is 0 Å². The SMILES string of the molecule is CCC1=CC2N=CC(CN3CCN(c4ccc(C(=O)NC5COC5)nc4)[C@@H]4C[C@@H]43)=CC2=NC1=O. The van der Waals surface area contributed by atoms with Crippen LogP contribution in [0.15, 0.2) is 51.6 Å². The quantitative estimate of drug-likeness (QED) is 0.684. The lowest BCUT2D eigenvalue weighted by Crippen LogP contribution is -2.48. The van der Waals surface area contributed by atoms with Crippen LogP contribution in [0.3, 0.4) is 0 Å². The van der Waals surface area contributed by atoms with Crippen molar-refractivity contribution in [3.8, 4) is 0 Å². The first-order valence-electron chi connectivity index (χ1n) is 12.0. The predicted molar refractivity (Wildman–Crippen MR) is 129 cm³/mol. The second-order valence-electron chi connectivity index (χ2n) is 9.47. The first kappa shape index (κ1) is 21.4. The number of amides is 2. The summed E-state index contributed by atoms with van der Waals surface area (Å²) in [6, 6.07) is 4.72. The van der Waals surface area contributed by atoms with Crippen LogP contribution in [0.4, 0.5) is 5.69 Å². The van der Waals surface area contributed by atoms with Gasteiger partial charge in [-0.1, -0.05) is 6.92 Å². The molecular weight excluding hydrogens is 432 g/mol. The normalized spacial score (nSPS) is 28.3. The molecule has 2 saturated heterocycles. The number of aliphatic imine (C=N–C) groups is 2. The van der Waals surface area contributed by atoms with Crippen LogP contribution in [0.25, 0.3) is 0 Å². The molecule has 1 aromatic rings. The molecule has 9 heteroatoms. The topological polar surface area (TPSA) is 99.5 Å². The largest absolute Gasteiger partial charge is 0.377 e. The Hall–Kier alpha value is -3.17. The summed E-state index contributed by atoms with van der Waals surface area (Å²) in [5.74, 6) is -0.282. The van der Waals surface area contributed by atoms with E-state index in [0.717, 1.165) is 48.6 Å². The number of aromatic nitrogens is 1. The number of rotatable bonds is 6. The van der Waals surface area contributed by atoms with Gasteiger partial charge in [0.05, 0.1) is 36.9 Å². The minimum atomic E-state index is -0.149. The Labute approximate surface area is 198 Å². The number of pyridine rings is 1. The van der Waals surface area contributed by atoms with E-state index in [1.807, 2.05) is 37.6 Å². The molecule has 5 heterocycles. The van der Waals surface area contributed by atoms with Crippen LogP contribution in [-0.4, -0.2) is 90.6 Å². The van der Waals surface area contributed by atoms with Gasteiger partial charge in [-0.25, -0.2) is 9.98 Å². The molecule has 0 radical (unpaired) electrons. The molecular formula is C25H28N6O3. The van der Waals surface area contributed by atoms with E-state index in [-0.39, 0.29) is 23.9 Å². The average molecular weight is 461 g/mol. The summed E-state index contributed by atoms with van der Waals surface area (Å²) >= 11 is 0. The van der Waals surface area contributed by atoms with Gasteiger partial charge in [0, 0.05) is 43.5 Å². The van der Waals surface area contributed by atoms with E-state index in [0.29, 0.717) is 37.4 Å². The van der Waals surface area contributed by atoms with Crippen molar-refractivity contribution in [3.05, 3.63) is 47.3 Å². The first-order chi connectivity index (χ1) is 16.6. The van der Waals surface area contributed by atoms with Crippen molar-refractivity contribution in [2.75, 3.05) is 37.7 Å². The number of hydrogen-bond donors (Lipinski definition) is 1. The fourth-order valence-electron chi connectivity index (χ4n) is 5.08. The Morgan fingerprint density at radius 1 is 1.24 bits per heavy atom. The predicted octanol–water partition coefficient (Wildman–Crippen LogP) is 1.17. The van der Waals surface area contributed by atoms with Crippen LogP contribution in [0, 0.1) is 0 Å². The maximum atomic E-state index is 12.3. The molecule has 0 bridgehead atoms. The van der Waals surface area contributed by atoms with Crippen molar-refractivity contribution in [1.82, 2.24) is 15.2 Å². The van der Waals surface area contributed by atoms with Gasteiger partial charge in [-0.05, 0) is 42.7 Å². The Morgan fingerprint density at radius 2 is 2.12 bits per heavy atom. The van der Waals surface area contributed by atoms with E-state index in [1.54, 1.807) is 6.07 Å². The highest BCUT2D eigenvalue weighted by Gasteiger charge is 2.49. The lowest BCUT2D eigenvalue weighted by atomic mass is 9.98. The van der Waals surface area contributed by atoms with Gasteiger partial charge in [-0.3, -0.25) is 19.5 Å². The number of hydrogen-bond acceptors (Lipinski definition) is 7. The zero-order valence-electron chi connectivity index (χ0n) is 19.2. The summed E-state index contributed by atoms with van der Waals surface area (Å²) in [6.45, 7) is 5.77. The molecule has 1 aliphatic carbocycles. The number of nitrogens with one attached hydrogen (secondary N) is 1. The lowest BCUT2D eigenvalue weighted by Gasteiger charge is -2.36. The Balaban J connectivity index is 1.06. The molecule has 1 saturated carbocycles. The van der Waals surface area contributed by atoms with Gasteiger partial charge in [-0.2, -0.15) is 0 Å². The summed E-state index contributed by atoms with van der Waals surface area (Å²) < 4.78 is 5.10. The molecule has 4 aliphatic heterocycles. The lowest BCUT2D eigenvalue weighted by molar-refractivity contribution is -0.114. The third-order valence-electron chi connectivity index (χ3n) is 7.18. The highest BCUT2D eigenvalue weighted by molar-refractivity contribution is 6.16. The molecule has 3 fully saturated rings. The first-order valence-corrected chi connectivity index (χ1v) is 12.0. The molecule has 1 aromatic heterocycles. The molecule has 6 rings (SSSR count). The van der Waals surface area contributed by atoms with Crippen molar-refractivity contribution in [2.45, 2.75) is 43.9 Å². The van der Waals surface area contributed by atoms with Crippen molar-refractivity contribution in [1.29, 1.82) is 0 Å². The maximum absolute atomic E-state index is 12.3. The third-order valence-corrected chi connectivity index (χ3v) is 7.18. The molecule has 2 amide bonds. The highest BCUT2D eigenvalue weighted by Crippen LogP contribution is 2.39. The van der Waals surface area contributed by atoms with E-state index >= 15 is 0 Å². The van der Waals surface area contributed by atoms with E-state index in [2.05, 4.69) is 30.1 Å². The number of ether oxygens (including phenoxy) is 1. The number of anilines is 1. The molecule has 1 unspecified atom stereocenters. The molecule has 176 valence electrons. The summed E-state index contributed by atoms with van der Waals surface area (Å²) in [5.41, 5.74) is 4.10. The van der Waals surface area contributed by atoms with Gasteiger partial charge in [0.2, 0.25) is 0 Å². The summed E-state index contributed by atoms with van der Waals surface area (Å²) in [6.07, 6.45) is 9.52. The molecule has 9 nitrogen and oxygen atoms in total. The maximum Gasteiger partial charge on any atom is 0.272 e. The van der Waals surface area contributed by atoms with E-state index in [9.17, 15) is 9.59 Å². The number of dihydropyridines is 2. The Bertz CT molecular complexity index is 1130. The Morgan fingerprint density at radius 3 is 2.85 bits per heavy atom. The van der Waals surface area contributed by atoms with Crippen molar-refractivity contribution in [3.63, 3.8) is 0 Å². The second kappa shape index (κ2) is 8.56. The molecule has 0 spiro atoms. The van der Waals surface area contributed by atoms with Crippen molar-refractivity contribution in [2.24, 2.45) is 9.98 Å². The third kappa shape index (κ3) is 3.99.